The summed E-state index contributed by atoms with van der Waals surface area (Å²) in [6, 6.07) is 0.805. The van der Waals surface area contributed by atoms with Gasteiger partial charge in [0.15, 0.2) is 5.76 Å². The molecule has 0 aromatic carbocycles. The van der Waals surface area contributed by atoms with E-state index in [0.717, 1.165) is 31.7 Å². The number of hydrogen-bond acceptors (Lipinski definition) is 5. The Morgan fingerprint density at radius 1 is 1.35 bits per heavy atom. The lowest BCUT2D eigenvalue weighted by molar-refractivity contribution is -0.137. The molecule has 2 rings (SSSR count). The second-order valence-corrected chi connectivity index (χ2v) is 8.45. The Bertz CT molecular complexity index is 749. The Balaban J connectivity index is 2.07. The number of aryl methyl sites for hydroxylation is 1. The van der Waals surface area contributed by atoms with Gasteiger partial charge in [0.2, 0.25) is 10.0 Å². The first-order valence-corrected chi connectivity index (χ1v) is 10.4. The zero-order chi connectivity index (χ0) is 19.3. The second-order valence-electron chi connectivity index (χ2n) is 6.92. The maximum Gasteiger partial charge on any atom is 0.303 e. The van der Waals surface area contributed by atoms with Gasteiger partial charge in [0.25, 0.3) is 5.91 Å². The number of hydrogen-bond donors (Lipinski definition) is 3. The maximum absolute atomic E-state index is 12.4. The first-order chi connectivity index (χ1) is 12.2. The van der Waals surface area contributed by atoms with Gasteiger partial charge in [-0.3, -0.25) is 9.59 Å². The van der Waals surface area contributed by atoms with Crippen molar-refractivity contribution in [2.24, 2.45) is 11.1 Å². The molecule has 4 N–H and O–H groups in total. The van der Waals surface area contributed by atoms with Crippen LogP contribution in [0.4, 0.5) is 0 Å². The zero-order valence-corrected chi connectivity index (χ0v) is 15.7. The smallest absolute Gasteiger partial charge is 0.303 e. The largest absolute Gasteiger partial charge is 0.481 e. The van der Waals surface area contributed by atoms with Crippen LogP contribution in [0, 0.1) is 12.8 Å². The number of sulfonamides is 1. The predicted octanol–water partition coefficient (Wildman–Crippen LogP) is 2.17. The van der Waals surface area contributed by atoms with Crippen LogP contribution >= 0.6 is 0 Å². The van der Waals surface area contributed by atoms with Crippen molar-refractivity contribution >= 4 is 21.9 Å². The van der Waals surface area contributed by atoms with E-state index < -0.39 is 21.9 Å². The number of aliphatic carboxylic acids is 1. The molecule has 0 aliphatic heterocycles. The molecule has 1 unspecified atom stereocenters. The normalized spacial score (nSPS) is 17.0. The molecule has 0 spiro atoms. The number of nitrogens with two attached hydrogens (primary N) is 1. The molecule has 0 bridgehead atoms. The van der Waals surface area contributed by atoms with Crippen LogP contribution in [0.2, 0.25) is 0 Å². The van der Waals surface area contributed by atoms with Crippen LogP contribution in [0.1, 0.15) is 67.7 Å². The summed E-state index contributed by atoms with van der Waals surface area (Å²) >= 11 is 0. The van der Waals surface area contributed by atoms with E-state index in [4.69, 9.17) is 14.7 Å². The van der Waals surface area contributed by atoms with Gasteiger partial charge in [0.05, 0.1) is 0 Å². The van der Waals surface area contributed by atoms with Crippen molar-refractivity contribution in [2.45, 2.75) is 69.2 Å². The highest BCUT2D eigenvalue weighted by molar-refractivity contribution is 7.89. The van der Waals surface area contributed by atoms with Crippen molar-refractivity contribution < 1.29 is 27.5 Å². The summed E-state index contributed by atoms with van der Waals surface area (Å²) < 4.78 is 28.2. The Hall–Kier alpha value is -1.87. The van der Waals surface area contributed by atoms with Crippen molar-refractivity contribution in [2.75, 3.05) is 0 Å². The van der Waals surface area contributed by atoms with Gasteiger partial charge >= 0.3 is 5.97 Å². The fourth-order valence-electron chi connectivity index (χ4n) is 3.49. The average Bonchev–Trinajstić information content (AvgIpc) is 2.96. The summed E-state index contributed by atoms with van der Waals surface area (Å²) in [5, 5.41) is 16.8. The summed E-state index contributed by atoms with van der Waals surface area (Å²) in [7, 11) is -3.97. The highest BCUT2D eigenvalue weighted by Crippen LogP contribution is 2.28. The van der Waals surface area contributed by atoms with E-state index in [2.05, 4.69) is 5.32 Å². The number of primary sulfonamides is 1. The highest BCUT2D eigenvalue weighted by atomic mass is 32.2. The van der Waals surface area contributed by atoms with Crippen molar-refractivity contribution in [3.8, 4) is 0 Å². The molecule has 9 heteroatoms. The number of rotatable bonds is 8. The standard InChI is InChI=1S/C17H26N2O6S/c1-11-15(26(18,23)24)10-14(25-11)17(22)19-13(7-8-16(20)21)9-12-5-3-2-4-6-12/h10,12-13H,2-9H2,1H3,(H,19,22)(H,20,21)(H2,18,23,24). The molecule has 1 amide bonds. The number of carbonyl (C=O) groups excluding carboxylic acids is 1. The van der Waals surface area contributed by atoms with Crippen LogP contribution in [0.25, 0.3) is 0 Å². The first-order valence-electron chi connectivity index (χ1n) is 8.82. The van der Waals surface area contributed by atoms with Gasteiger partial charge in [-0.25, -0.2) is 13.6 Å². The topological polar surface area (TPSA) is 140 Å². The monoisotopic (exact) mass is 386 g/mol. The molecule has 0 saturated heterocycles. The number of amides is 1. The number of carboxylic acids is 1. The van der Waals surface area contributed by atoms with Crippen LogP contribution < -0.4 is 10.5 Å². The average molecular weight is 386 g/mol. The second kappa shape index (κ2) is 8.68. The van der Waals surface area contributed by atoms with Crippen LogP contribution in [0.15, 0.2) is 15.4 Å². The van der Waals surface area contributed by atoms with E-state index in [9.17, 15) is 18.0 Å². The summed E-state index contributed by atoms with van der Waals surface area (Å²) in [6.07, 6.45) is 6.66. The molecule has 1 aromatic heterocycles. The number of furan rings is 1. The van der Waals surface area contributed by atoms with Gasteiger partial charge in [-0.1, -0.05) is 32.1 Å². The number of nitrogens with one attached hydrogen (secondary N) is 1. The molecular formula is C17H26N2O6S. The molecule has 1 atom stereocenters. The third-order valence-electron chi connectivity index (χ3n) is 4.79. The zero-order valence-electron chi connectivity index (χ0n) is 14.9. The van der Waals surface area contributed by atoms with Crippen LogP contribution in [0.5, 0.6) is 0 Å². The van der Waals surface area contributed by atoms with Gasteiger partial charge in [0, 0.05) is 18.5 Å². The fraction of sp³-hybridized carbons (Fsp3) is 0.647. The van der Waals surface area contributed by atoms with Gasteiger partial charge in [0.1, 0.15) is 10.7 Å². The number of carbonyl (C=O) groups is 2. The molecule has 26 heavy (non-hydrogen) atoms. The minimum atomic E-state index is -3.97. The molecule has 146 valence electrons. The maximum atomic E-state index is 12.4. The Kier molecular flexibility index (Phi) is 6.82. The molecule has 8 nitrogen and oxygen atoms in total. The lowest BCUT2D eigenvalue weighted by Gasteiger charge is -2.26. The van der Waals surface area contributed by atoms with E-state index in [0.29, 0.717) is 18.8 Å². The van der Waals surface area contributed by atoms with Crippen molar-refractivity contribution in [3.05, 3.63) is 17.6 Å². The minimum absolute atomic E-state index is 0.0444. The van der Waals surface area contributed by atoms with Crippen molar-refractivity contribution in [1.82, 2.24) is 5.32 Å². The lowest BCUT2D eigenvalue weighted by Crippen LogP contribution is -2.37. The summed E-state index contributed by atoms with van der Waals surface area (Å²) in [5.74, 6) is -1.11. The first kappa shape index (κ1) is 20.4. The van der Waals surface area contributed by atoms with Gasteiger partial charge in [-0.15, -0.1) is 0 Å². The molecule has 1 aliphatic carbocycles. The Morgan fingerprint density at radius 3 is 2.54 bits per heavy atom. The SMILES string of the molecule is Cc1oc(C(=O)NC(CCC(=O)O)CC2CCCCC2)cc1S(N)(=O)=O. The predicted molar refractivity (Wildman–Crippen MR) is 94.1 cm³/mol. The van der Waals surface area contributed by atoms with Gasteiger partial charge in [-0.2, -0.15) is 0 Å². The van der Waals surface area contributed by atoms with Gasteiger partial charge in [-0.05, 0) is 25.7 Å². The van der Waals surface area contributed by atoms with E-state index in [-0.39, 0.29) is 28.9 Å². The van der Waals surface area contributed by atoms with E-state index in [1.807, 2.05) is 0 Å². The molecule has 1 heterocycles. The Labute approximate surface area is 153 Å². The van der Waals surface area contributed by atoms with E-state index in [1.54, 1.807) is 0 Å². The van der Waals surface area contributed by atoms with Crippen LogP contribution in [-0.4, -0.2) is 31.4 Å². The van der Waals surface area contributed by atoms with Crippen LogP contribution in [0.3, 0.4) is 0 Å². The summed E-state index contributed by atoms with van der Waals surface area (Å²) in [5.41, 5.74) is 0. The molecule has 0 radical (unpaired) electrons. The molecular weight excluding hydrogens is 360 g/mol. The third-order valence-corrected chi connectivity index (χ3v) is 5.81. The molecule has 1 aliphatic rings. The fourth-order valence-corrected chi connectivity index (χ4v) is 4.20. The van der Waals surface area contributed by atoms with Crippen molar-refractivity contribution in [1.29, 1.82) is 0 Å². The molecule has 1 aromatic rings. The van der Waals surface area contributed by atoms with E-state index >= 15 is 0 Å². The highest BCUT2D eigenvalue weighted by Gasteiger charge is 2.25. The third kappa shape index (κ3) is 5.84. The molecule has 1 fully saturated rings. The summed E-state index contributed by atoms with van der Waals surface area (Å²) in [4.78, 5) is 23.1. The minimum Gasteiger partial charge on any atom is -0.481 e. The Morgan fingerprint density at radius 2 is 2.00 bits per heavy atom. The number of carboxylic acid groups (broad SMARTS) is 1. The van der Waals surface area contributed by atoms with Crippen LogP contribution in [-0.2, 0) is 14.8 Å². The van der Waals surface area contributed by atoms with E-state index in [1.165, 1.54) is 13.3 Å². The van der Waals surface area contributed by atoms with Gasteiger partial charge < -0.3 is 14.8 Å². The summed E-state index contributed by atoms with van der Waals surface area (Å²) in [6.45, 7) is 1.42. The van der Waals surface area contributed by atoms with Crippen molar-refractivity contribution in [3.63, 3.8) is 0 Å². The quantitative estimate of drug-likeness (QED) is 0.625. The molecule has 1 saturated carbocycles. The lowest BCUT2D eigenvalue weighted by atomic mass is 9.84.